The molecule has 7 heteroatoms. The second kappa shape index (κ2) is 6.43. The molecule has 24 heavy (non-hydrogen) atoms. The average molecular weight is 324 g/mol. The minimum absolute atomic E-state index is 0.321. The fourth-order valence-electron chi connectivity index (χ4n) is 2.98. The quantitative estimate of drug-likeness (QED) is 0.777. The van der Waals surface area contributed by atoms with E-state index in [4.69, 9.17) is 4.74 Å². The summed E-state index contributed by atoms with van der Waals surface area (Å²) in [5.41, 5.74) is 1.86. The molecular weight excluding hydrogens is 304 g/mol. The van der Waals surface area contributed by atoms with E-state index in [2.05, 4.69) is 25.6 Å². The van der Waals surface area contributed by atoms with Crippen LogP contribution in [0.1, 0.15) is 37.1 Å². The zero-order valence-electron chi connectivity index (χ0n) is 13.6. The second-order valence-corrected chi connectivity index (χ2v) is 6.12. The van der Waals surface area contributed by atoms with Gasteiger partial charge in [-0.1, -0.05) is 0 Å². The Bertz CT molecular complexity index is 840. The van der Waals surface area contributed by atoms with Crippen molar-refractivity contribution in [3.8, 4) is 5.88 Å². The molecule has 0 bridgehead atoms. The van der Waals surface area contributed by atoms with E-state index in [1.165, 1.54) is 12.8 Å². The first-order chi connectivity index (χ1) is 11.8. The molecule has 7 nitrogen and oxygen atoms in total. The number of rotatable bonds is 5. The first-order valence-electron chi connectivity index (χ1n) is 8.32. The zero-order chi connectivity index (χ0) is 16.4. The maximum absolute atomic E-state index is 5.96. The van der Waals surface area contributed by atoms with Crippen LogP contribution in [0.25, 0.3) is 5.65 Å². The van der Waals surface area contributed by atoms with Crippen LogP contribution >= 0.6 is 0 Å². The van der Waals surface area contributed by atoms with Gasteiger partial charge in [0.1, 0.15) is 11.9 Å². The summed E-state index contributed by atoms with van der Waals surface area (Å²) in [6, 6.07) is 7.78. The fourth-order valence-corrected chi connectivity index (χ4v) is 2.98. The van der Waals surface area contributed by atoms with E-state index >= 15 is 0 Å². The maximum Gasteiger partial charge on any atom is 0.213 e. The molecule has 3 aromatic rings. The van der Waals surface area contributed by atoms with Crippen LogP contribution < -0.4 is 10.1 Å². The van der Waals surface area contributed by atoms with E-state index in [1.807, 2.05) is 31.2 Å². The molecule has 124 valence electrons. The highest BCUT2D eigenvalue weighted by Gasteiger charge is 2.17. The van der Waals surface area contributed by atoms with Gasteiger partial charge in [-0.25, -0.2) is 4.98 Å². The highest BCUT2D eigenvalue weighted by atomic mass is 16.5. The summed E-state index contributed by atoms with van der Waals surface area (Å²) in [6.45, 7) is 2.54. The van der Waals surface area contributed by atoms with Gasteiger partial charge in [-0.05, 0) is 56.4 Å². The van der Waals surface area contributed by atoms with Crippen molar-refractivity contribution < 1.29 is 4.74 Å². The molecule has 0 unspecified atom stereocenters. The van der Waals surface area contributed by atoms with Crippen LogP contribution in [0, 0.1) is 6.92 Å². The predicted octanol–water partition coefficient (Wildman–Crippen LogP) is 2.76. The molecule has 0 spiro atoms. The van der Waals surface area contributed by atoms with Gasteiger partial charge in [0.05, 0.1) is 0 Å². The molecule has 0 saturated heterocycles. The van der Waals surface area contributed by atoms with Crippen LogP contribution in [0.3, 0.4) is 0 Å². The van der Waals surface area contributed by atoms with Crippen LogP contribution in [0.5, 0.6) is 5.88 Å². The van der Waals surface area contributed by atoms with Gasteiger partial charge in [0, 0.05) is 18.8 Å². The van der Waals surface area contributed by atoms with Gasteiger partial charge in [0.2, 0.25) is 5.88 Å². The molecule has 0 aliphatic heterocycles. The lowest BCUT2D eigenvalue weighted by Gasteiger charge is -2.13. The number of nitrogens with one attached hydrogen (secondary N) is 1. The normalized spacial score (nSPS) is 15.0. The van der Waals surface area contributed by atoms with Gasteiger partial charge in [-0.15, -0.1) is 15.3 Å². The topological polar surface area (TPSA) is 77.2 Å². The van der Waals surface area contributed by atoms with Crippen molar-refractivity contribution in [2.45, 2.75) is 45.3 Å². The summed E-state index contributed by atoms with van der Waals surface area (Å²) >= 11 is 0. The molecule has 0 aromatic carbocycles. The van der Waals surface area contributed by atoms with Crippen molar-refractivity contribution in [2.75, 3.05) is 5.32 Å². The standard InChI is InChI=1S/C17H20N6O/c1-12-20-21-16-7-6-15(22-23(12)16)19-11-13-8-9-18-17(10-13)24-14-4-2-3-5-14/h6-10,14H,2-5,11H2,1H3,(H,19,22). The lowest BCUT2D eigenvalue weighted by atomic mass is 10.2. The van der Waals surface area contributed by atoms with E-state index in [0.717, 1.165) is 35.7 Å². The van der Waals surface area contributed by atoms with Gasteiger partial charge < -0.3 is 10.1 Å². The van der Waals surface area contributed by atoms with Gasteiger partial charge in [-0.3, -0.25) is 0 Å². The SMILES string of the molecule is Cc1nnc2ccc(NCc3ccnc(OC4CCCC4)c3)nn12. The van der Waals surface area contributed by atoms with Gasteiger partial charge >= 0.3 is 0 Å². The Morgan fingerprint density at radius 2 is 2.08 bits per heavy atom. The summed E-state index contributed by atoms with van der Waals surface area (Å²) in [4.78, 5) is 4.32. The van der Waals surface area contributed by atoms with Crippen molar-refractivity contribution in [1.29, 1.82) is 0 Å². The maximum atomic E-state index is 5.96. The number of hydrogen-bond acceptors (Lipinski definition) is 6. The molecule has 0 atom stereocenters. The minimum atomic E-state index is 0.321. The van der Waals surface area contributed by atoms with E-state index in [0.29, 0.717) is 18.5 Å². The Hall–Kier alpha value is -2.70. The Labute approximate surface area is 140 Å². The Kier molecular flexibility index (Phi) is 3.98. The van der Waals surface area contributed by atoms with Crippen LogP contribution in [-0.2, 0) is 6.54 Å². The third-order valence-electron chi connectivity index (χ3n) is 4.28. The molecule has 3 aromatic heterocycles. The van der Waals surface area contributed by atoms with Crippen molar-refractivity contribution in [3.63, 3.8) is 0 Å². The van der Waals surface area contributed by atoms with Crippen molar-refractivity contribution in [2.24, 2.45) is 0 Å². The van der Waals surface area contributed by atoms with Crippen LogP contribution in [-0.4, -0.2) is 30.9 Å². The highest BCUT2D eigenvalue weighted by molar-refractivity contribution is 5.44. The molecule has 1 aliphatic rings. The minimum Gasteiger partial charge on any atom is -0.474 e. The first-order valence-corrected chi connectivity index (χ1v) is 8.32. The van der Waals surface area contributed by atoms with Crippen molar-refractivity contribution in [3.05, 3.63) is 41.9 Å². The van der Waals surface area contributed by atoms with Crippen LogP contribution in [0.15, 0.2) is 30.5 Å². The van der Waals surface area contributed by atoms with E-state index in [9.17, 15) is 0 Å². The molecule has 0 radical (unpaired) electrons. The summed E-state index contributed by atoms with van der Waals surface area (Å²) in [7, 11) is 0. The predicted molar refractivity (Wildman–Crippen MR) is 90.0 cm³/mol. The van der Waals surface area contributed by atoms with Gasteiger partial charge in [0.15, 0.2) is 11.5 Å². The lowest BCUT2D eigenvalue weighted by Crippen LogP contribution is -2.12. The smallest absolute Gasteiger partial charge is 0.213 e. The molecule has 1 fully saturated rings. The monoisotopic (exact) mass is 324 g/mol. The van der Waals surface area contributed by atoms with E-state index < -0.39 is 0 Å². The Morgan fingerprint density at radius 3 is 2.96 bits per heavy atom. The summed E-state index contributed by atoms with van der Waals surface area (Å²) in [5, 5.41) is 15.9. The third-order valence-corrected chi connectivity index (χ3v) is 4.28. The van der Waals surface area contributed by atoms with Crippen LogP contribution in [0.4, 0.5) is 5.82 Å². The van der Waals surface area contributed by atoms with Crippen molar-refractivity contribution >= 4 is 11.5 Å². The molecule has 4 rings (SSSR count). The third kappa shape index (κ3) is 3.15. The average Bonchev–Trinajstić information content (AvgIpc) is 3.24. The Balaban J connectivity index is 1.43. The molecule has 1 saturated carbocycles. The van der Waals surface area contributed by atoms with Crippen LogP contribution in [0.2, 0.25) is 0 Å². The number of anilines is 1. The highest BCUT2D eigenvalue weighted by Crippen LogP contribution is 2.23. The lowest BCUT2D eigenvalue weighted by molar-refractivity contribution is 0.201. The summed E-state index contributed by atoms with van der Waals surface area (Å²) in [6.07, 6.45) is 6.88. The Morgan fingerprint density at radius 1 is 1.21 bits per heavy atom. The summed E-state index contributed by atoms with van der Waals surface area (Å²) in [5.74, 6) is 2.25. The zero-order valence-corrected chi connectivity index (χ0v) is 13.6. The molecule has 0 amide bonds. The number of hydrogen-bond donors (Lipinski definition) is 1. The summed E-state index contributed by atoms with van der Waals surface area (Å²) < 4.78 is 7.68. The molecule has 3 heterocycles. The van der Waals surface area contributed by atoms with Crippen molar-refractivity contribution in [1.82, 2.24) is 24.8 Å². The largest absolute Gasteiger partial charge is 0.474 e. The fraction of sp³-hybridized carbons (Fsp3) is 0.412. The van der Waals surface area contributed by atoms with Gasteiger partial charge in [0.25, 0.3) is 0 Å². The second-order valence-electron chi connectivity index (χ2n) is 6.12. The van der Waals surface area contributed by atoms with E-state index in [-0.39, 0.29) is 0 Å². The number of ether oxygens (including phenoxy) is 1. The van der Waals surface area contributed by atoms with E-state index in [1.54, 1.807) is 10.7 Å². The molecule has 1 N–H and O–H groups in total. The molecule has 1 aliphatic carbocycles. The first kappa shape index (κ1) is 14.9. The van der Waals surface area contributed by atoms with Gasteiger partial charge in [-0.2, -0.15) is 4.52 Å². The number of pyridine rings is 1. The number of aryl methyl sites for hydroxylation is 1. The number of aromatic nitrogens is 5. The molecular formula is C17H20N6O. The number of nitrogens with zero attached hydrogens (tertiary/aromatic N) is 5. The number of fused-ring (bicyclic) bond motifs is 1.